The highest BCUT2D eigenvalue weighted by Crippen LogP contribution is 2.14. The topological polar surface area (TPSA) is 66.4 Å². The molecule has 0 spiro atoms. The quantitative estimate of drug-likeness (QED) is 0.504. The Bertz CT molecular complexity index is 718. The molecule has 2 rings (SSSR count). The summed E-state index contributed by atoms with van der Waals surface area (Å²) in [7, 11) is 0. The van der Waals surface area contributed by atoms with Gasteiger partial charge in [-0.05, 0) is 48.1 Å². The van der Waals surface area contributed by atoms with Crippen LogP contribution in [0.1, 0.15) is 53.4 Å². The maximum absolute atomic E-state index is 12.3. The highest BCUT2D eigenvalue weighted by atomic mass is 32.1. The van der Waals surface area contributed by atoms with Crippen molar-refractivity contribution in [3.63, 3.8) is 0 Å². The molecule has 0 aliphatic heterocycles. The van der Waals surface area contributed by atoms with Crippen LogP contribution in [0.25, 0.3) is 6.08 Å². The predicted octanol–water partition coefficient (Wildman–Crippen LogP) is 4.73. The molecule has 0 aliphatic carbocycles. The lowest BCUT2D eigenvalue weighted by atomic mass is 10.0. The van der Waals surface area contributed by atoms with Crippen molar-refractivity contribution in [3.05, 3.63) is 63.5 Å². The number of carbonyl (C=O) groups excluding carboxylic acids is 1. The minimum Gasteiger partial charge on any atom is -0.477 e. The summed E-state index contributed by atoms with van der Waals surface area (Å²) >= 11 is 1.41. The number of carboxylic acids is 1. The number of hydrogen-bond donors (Lipinski definition) is 2. The molecule has 0 atom stereocenters. The second-order valence-electron chi connectivity index (χ2n) is 5.84. The van der Waals surface area contributed by atoms with Gasteiger partial charge in [0.25, 0.3) is 5.91 Å². The van der Waals surface area contributed by atoms with E-state index in [1.165, 1.54) is 42.2 Å². The van der Waals surface area contributed by atoms with Gasteiger partial charge in [-0.1, -0.05) is 44.4 Å². The predicted molar refractivity (Wildman–Crippen MR) is 102 cm³/mol. The molecule has 5 heteroatoms. The standard InChI is InChI=1S/C20H23NO3S/c1-2-3-4-5-7-15-9-11-16(12-10-15)19(22)21-18(20(23)24)14-17-8-6-13-25-17/h6,8-14H,2-5,7H2,1H3,(H,21,22)(H,23,24). The fourth-order valence-electron chi connectivity index (χ4n) is 2.44. The molecule has 2 aromatic rings. The van der Waals surface area contributed by atoms with Gasteiger partial charge in [0.15, 0.2) is 0 Å². The molecule has 0 fully saturated rings. The van der Waals surface area contributed by atoms with E-state index in [-0.39, 0.29) is 5.70 Å². The molecular weight excluding hydrogens is 334 g/mol. The molecular formula is C20H23NO3S. The molecule has 4 nitrogen and oxygen atoms in total. The largest absolute Gasteiger partial charge is 0.477 e. The summed E-state index contributed by atoms with van der Waals surface area (Å²) < 4.78 is 0. The van der Waals surface area contributed by atoms with Crippen LogP contribution in [0, 0.1) is 0 Å². The first kappa shape index (κ1) is 18.9. The Kier molecular flexibility index (Phi) is 7.41. The number of hydrogen-bond acceptors (Lipinski definition) is 3. The molecule has 1 heterocycles. The van der Waals surface area contributed by atoms with Gasteiger partial charge in [-0.3, -0.25) is 4.79 Å². The van der Waals surface area contributed by atoms with E-state index in [2.05, 4.69) is 12.2 Å². The Balaban J connectivity index is 1.98. The smallest absolute Gasteiger partial charge is 0.352 e. The molecule has 2 N–H and O–H groups in total. The fraction of sp³-hybridized carbons (Fsp3) is 0.300. The zero-order valence-electron chi connectivity index (χ0n) is 14.3. The van der Waals surface area contributed by atoms with Crippen molar-refractivity contribution in [2.24, 2.45) is 0 Å². The first-order valence-electron chi connectivity index (χ1n) is 8.49. The zero-order valence-corrected chi connectivity index (χ0v) is 15.1. The summed E-state index contributed by atoms with van der Waals surface area (Å²) in [6.45, 7) is 2.19. The van der Waals surface area contributed by atoms with E-state index in [1.54, 1.807) is 18.2 Å². The third-order valence-corrected chi connectivity index (χ3v) is 4.66. The molecule has 25 heavy (non-hydrogen) atoms. The average molecular weight is 357 g/mol. The van der Waals surface area contributed by atoms with E-state index < -0.39 is 11.9 Å². The molecule has 0 bridgehead atoms. The summed E-state index contributed by atoms with van der Waals surface area (Å²) in [5.41, 5.74) is 1.52. The Morgan fingerprint density at radius 2 is 1.88 bits per heavy atom. The summed E-state index contributed by atoms with van der Waals surface area (Å²) in [5.74, 6) is -1.57. The van der Waals surface area contributed by atoms with Crippen molar-refractivity contribution in [2.75, 3.05) is 0 Å². The molecule has 0 aliphatic rings. The minimum atomic E-state index is -1.16. The van der Waals surface area contributed by atoms with Gasteiger partial charge in [0.1, 0.15) is 5.70 Å². The van der Waals surface area contributed by atoms with Crippen LogP contribution < -0.4 is 5.32 Å². The Morgan fingerprint density at radius 3 is 2.48 bits per heavy atom. The molecule has 1 aromatic carbocycles. The maximum Gasteiger partial charge on any atom is 0.352 e. The second-order valence-corrected chi connectivity index (χ2v) is 6.82. The highest BCUT2D eigenvalue weighted by Gasteiger charge is 2.13. The molecule has 0 saturated carbocycles. The van der Waals surface area contributed by atoms with Gasteiger partial charge in [-0.2, -0.15) is 0 Å². The van der Waals surface area contributed by atoms with E-state index in [9.17, 15) is 14.7 Å². The lowest BCUT2D eigenvalue weighted by Crippen LogP contribution is -2.27. The molecule has 0 unspecified atom stereocenters. The number of benzene rings is 1. The first-order chi connectivity index (χ1) is 12.1. The molecule has 132 valence electrons. The summed E-state index contributed by atoms with van der Waals surface area (Å²) in [5, 5.41) is 13.6. The number of aliphatic carboxylic acids is 1. The van der Waals surface area contributed by atoms with Gasteiger partial charge in [0, 0.05) is 10.4 Å². The lowest BCUT2D eigenvalue weighted by molar-refractivity contribution is -0.132. The molecule has 1 aromatic heterocycles. The third kappa shape index (κ3) is 6.19. The summed E-state index contributed by atoms with van der Waals surface area (Å²) in [6.07, 6.45) is 7.28. The van der Waals surface area contributed by atoms with Crippen LogP contribution in [0.2, 0.25) is 0 Å². The van der Waals surface area contributed by atoms with Gasteiger partial charge in [0.05, 0.1) is 0 Å². The van der Waals surface area contributed by atoms with Crippen molar-refractivity contribution < 1.29 is 14.7 Å². The van der Waals surface area contributed by atoms with E-state index >= 15 is 0 Å². The number of rotatable bonds is 9. The van der Waals surface area contributed by atoms with Crippen molar-refractivity contribution in [2.45, 2.75) is 39.0 Å². The highest BCUT2D eigenvalue weighted by molar-refractivity contribution is 7.10. The minimum absolute atomic E-state index is 0.129. The lowest BCUT2D eigenvalue weighted by Gasteiger charge is -2.07. The van der Waals surface area contributed by atoms with Gasteiger partial charge in [-0.15, -0.1) is 11.3 Å². The SMILES string of the molecule is CCCCCCc1ccc(C(=O)NC(=Cc2cccs2)C(=O)O)cc1. The summed E-state index contributed by atoms with van der Waals surface area (Å²) in [4.78, 5) is 24.4. The number of carboxylic acid groups (broad SMARTS) is 1. The van der Waals surface area contributed by atoms with Crippen LogP contribution in [0.15, 0.2) is 47.5 Å². The Morgan fingerprint density at radius 1 is 1.12 bits per heavy atom. The normalized spacial score (nSPS) is 11.3. The van der Waals surface area contributed by atoms with E-state index in [0.717, 1.165) is 17.7 Å². The Hall–Kier alpha value is -2.40. The molecule has 0 saturated heterocycles. The van der Waals surface area contributed by atoms with Crippen LogP contribution in [0.5, 0.6) is 0 Å². The Labute approximate surface area is 152 Å². The van der Waals surface area contributed by atoms with Crippen molar-refractivity contribution >= 4 is 29.3 Å². The first-order valence-corrected chi connectivity index (χ1v) is 9.37. The second kappa shape index (κ2) is 9.79. The van der Waals surface area contributed by atoms with Crippen LogP contribution in [-0.4, -0.2) is 17.0 Å². The van der Waals surface area contributed by atoms with Crippen LogP contribution in [0.4, 0.5) is 0 Å². The van der Waals surface area contributed by atoms with E-state index in [0.29, 0.717) is 5.56 Å². The number of amides is 1. The van der Waals surface area contributed by atoms with Crippen LogP contribution in [0.3, 0.4) is 0 Å². The zero-order chi connectivity index (χ0) is 18.1. The summed E-state index contributed by atoms with van der Waals surface area (Å²) in [6, 6.07) is 11.0. The fourth-order valence-corrected chi connectivity index (χ4v) is 3.10. The van der Waals surface area contributed by atoms with Crippen molar-refractivity contribution in [1.82, 2.24) is 5.32 Å². The van der Waals surface area contributed by atoms with E-state index in [4.69, 9.17) is 0 Å². The van der Waals surface area contributed by atoms with Crippen LogP contribution >= 0.6 is 11.3 Å². The molecule has 1 amide bonds. The van der Waals surface area contributed by atoms with Gasteiger partial charge >= 0.3 is 5.97 Å². The van der Waals surface area contributed by atoms with Gasteiger partial charge in [0.2, 0.25) is 0 Å². The number of unbranched alkanes of at least 4 members (excludes halogenated alkanes) is 3. The maximum atomic E-state index is 12.3. The van der Waals surface area contributed by atoms with Gasteiger partial charge < -0.3 is 10.4 Å². The van der Waals surface area contributed by atoms with E-state index in [1.807, 2.05) is 23.6 Å². The number of carbonyl (C=O) groups is 2. The monoisotopic (exact) mass is 357 g/mol. The van der Waals surface area contributed by atoms with Crippen molar-refractivity contribution in [1.29, 1.82) is 0 Å². The molecule has 0 radical (unpaired) electrons. The number of thiophene rings is 1. The van der Waals surface area contributed by atoms with Gasteiger partial charge in [-0.25, -0.2) is 4.79 Å². The number of aryl methyl sites for hydroxylation is 1. The third-order valence-electron chi connectivity index (χ3n) is 3.84. The number of nitrogens with one attached hydrogen (secondary N) is 1. The average Bonchev–Trinajstić information content (AvgIpc) is 3.11. The van der Waals surface area contributed by atoms with Crippen LogP contribution in [-0.2, 0) is 11.2 Å². The van der Waals surface area contributed by atoms with Crippen molar-refractivity contribution in [3.8, 4) is 0 Å².